The lowest BCUT2D eigenvalue weighted by atomic mass is 9.96. The van der Waals surface area contributed by atoms with E-state index in [1.165, 1.54) is 0 Å². The fraction of sp³-hybridized carbons (Fsp3) is 0.280. The predicted octanol–water partition coefficient (Wildman–Crippen LogP) is 2.64. The lowest BCUT2D eigenvalue weighted by Gasteiger charge is -2.15. The molecule has 1 fully saturated rings. The van der Waals surface area contributed by atoms with Gasteiger partial charge in [-0.15, -0.1) is 0 Å². The number of benzene rings is 2. The van der Waals surface area contributed by atoms with Crippen molar-refractivity contribution in [2.75, 3.05) is 11.5 Å². The molecule has 34 heavy (non-hydrogen) atoms. The van der Waals surface area contributed by atoms with Crippen LogP contribution in [0.4, 0.5) is 0 Å². The molecule has 0 saturated carbocycles. The van der Waals surface area contributed by atoms with Gasteiger partial charge < -0.3 is 19.3 Å². The van der Waals surface area contributed by atoms with Gasteiger partial charge in [-0.3, -0.25) is 4.79 Å². The summed E-state index contributed by atoms with van der Waals surface area (Å²) in [5.74, 6) is -1.29. The molecule has 1 amide bonds. The minimum Gasteiger partial charge on any atom is -0.463 e. The molecule has 2 atom stereocenters. The summed E-state index contributed by atoms with van der Waals surface area (Å²) in [6.07, 6.45) is 0.186. The van der Waals surface area contributed by atoms with Crippen LogP contribution in [0.5, 0.6) is 0 Å². The molecule has 2 N–H and O–H groups in total. The molecular formula is C25H23NO7S. The Kier molecular flexibility index (Phi) is 5.33. The van der Waals surface area contributed by atoms with Gasteiger partial charge >= 0.3 is 5.63 Å². The third-order valence-corrected chi connectivity index (χ3v) is 8.09. The maximum atomic E-state index is 12.7. The van der Waals surface area contributed by atoms with Crippen LogP contribution in [0.25, 0.3) is 33.1 Å². The minimum atomic E-state index is -3.41. The Morgan fingerprint density at radius 3 is 2.56 bits per heavy atom. The minimum absolute atomic E-state index is 0.156. The first kappa shape index (κ1) is 22.4. The van der Waals surface area contributed by atoms with E-state index in [0.717, 1.165) is 22.1 Å². The first-order valence-electron chi connectivity index (χ1n) is 10.8. The number of amides is 1. The first-order chi connectivity index (χ1) is 16.1. The molecule has 2 aromatic carbocycles. The van der Waals surface area contributed by atoms with E-state index in [1.807, 2.05) is 37.3 Å². The third kappa shape index (κ3) is 3.80. The molecule has 0 radical (unpaired) electrons. The summed E-state index contributed by atoms with van der Waals surface area (Å²) in [6, 6.07) is 10.7. The summed E-state index contributed by atoms with van der Waals surface area (Å²) >= 11 is 0. The molecule has 1 aliphatic rings. The number of aliphatic hydroxyl groups is 1. The van der Waals surface area contributed by atoms with Crippen molar-refractivity contribution in [3.63, 3.8) is 0 Å². The molecule has 0 unspecified atom stereocenters. The largest absolute Gasteiger partial charge is 0.463 e. The lowest BCUT2D eigenvalue weighted by molar-refractivity contribution is -0.121. The fourth-order valence-electron chi connectivity index (χ4n) is 4.71. The van der Waals surface area contributed by atoms with Gasteiger partial charge in [-0.2, -0.15) is 0 Å². The summed E-state index contributed by atoms with van der Waals surface area (Å²) in [6.45, 7) is 3.65. The molecule has 1 saturated heterocycles. The van der Waals surface area contributed by atoms with Crippen molar-refractivity contribution in [2.45, 2.75) is 32.4 Å². The molecule has 0 aliphatic carbocycles. The van der Waals surface area contributed by atoms with Crippen LogP contribution < -0.4 is 10.9 Å². The van der Waals surface area contributed by atoms with E-state index in [1.54, 1.807) is 19.3 Å². The second-order valence-corrected chi connectivity index (χ2v) is 10.9. The summed E-state index contributed by atoms with van der Waals surface area (Å²) in [5.41, 5.74) is 3.78. The number of furan rings is 1. The van der Waals surface area contributed by atoms with Crippen LogP contribution in [0, 0.1) is 13.8 Å². The average Bonchev–Trinajstić information content (AvgIpc) is 3.32. The molecule has 2 aromatic heterocycles. The number of fused-ring (bicyclic) bond motifs is 3. The van der Waals surface area contributed by atoms with Gasteiger partial charge in [-0.25, -0.2) is 13.2 Å². The maximum Gasteiger partial charge on any atom is 0.340 e. The Balaban J connectivity index is 1.57. The number of aryl methyl sites for hydroxylation is 2. The third-order valence-electron chi connectivity index (χ3n) is 6.37. The molecule has 176 valence electrons. The van der Waals surface area contributed by atoms with Crippen LogP contribution in [0.15, 0.2) is 56.3 Å². The topological polar surface area (TPSA) is 127 Å². The Morgan fingerprint density at radius 2 is 1.88 bits per heavy atom. The van der Waals surface area contributed by atoms with Crippen molar-refractivity contribution < 1.29 is 27.2 Å². The lowest BCUT2D eigenvalue weighted by Crippen LogP contribution is -2.43. The van der Waals surface area contributed by atoms with Gasteiger partial charge in [-0.1, -0.05) is 30.3 Å². The van der Waals surface area contributed by atoms with Crippen LogP contribution in [0.1, 0.15) is 16.7 Å². The van der Waals surface area contributed by atoms with E-state index in [0.29, 0.717) is 22.1 Å². The highest BCUT2D eigenvalue weighted by atomic mass is 32.2. The Morgan fingerprint density at radius 1 is 1.15 bits per heavy atom. The van der Waals surface area contributed by atoms with Crippen molar-refractivity contribution in [1.82, 2.24) is 5.32 Å². The van der Waals surface area contributed by atoms with Gasteiger partial charge in [0.25, 0.3) is 0 Å². The van der Waals surface area contributed by atoms with Gasteiger partial charge in [0.2, 0.25) is 5.91 Å². The number of carbonyl (C=O) groups excluding carboxylic acids is 1. The number of aliphatic hydroxyl groups excluding tert-OH is 1. The van der Waals surface area contributed by atoms with Crippen molar-refractivity contribution in [1.29, 1.82) is 0 Å². The van der Waals surface area contributed by atoms with Crippen molar-refractivity contribution >= 4 is 37.7 Å². The number of carbonyl (C=O) groups is 1. The van der Waals surface area contributed by atoms with Gasteiger partial charge in [0.05, 0.1) is 47.3 Å². The van der Waals surface area contributed by atoms with Gasteiger partial charge in [0.15, 0.2) is 9.84 Å². The van der Waals surface area contributed by atoms with E-state index < -0.39 is 39.3 Å². The summed E-state index contributed by atoms with van der Waals surface area (Å²) < 4.78 is 35.0. The molecule has 0 spiro atoms. The summed E-state index contributed by atoms with van der Waals surface area (Å²) in [5, 5.41) is 14.0. The van der Waals surface area contributed by atoms with Crippen LogP contribution in [0.3, 0.4) is 0 Å². The van der Waals surface area contributed by atoms with E-state index in [9.17, 15) is 23.1 Å². The molecule has 5 rings (SSSR count). The van der Waals surface area contributed by atoms with Crippen molar-refractivity contribution in [3.05, 3.63) is 69.8 Å². The molecule has 9 heteroatoms. The zero-order valence-electron chi connectivity index (χ0n) is 18.6. The first-order valence-corrected chi connectivity index (χ1v) is 12.7. The average molecular weight is 482 g/mol. The second kappa shape index (κ2) is 8.11. The normalized spacial score (nSPS) is 19.6. The van der Waals surface area contributed by atoms with E-state index in [2.05, 4.69) is 5.32 Å². The Labute approximate surface area is 195 Å². The highest BCUT2D eigenvalue weighted by molar-refractivity contribution is 7.91. The maximum absolute atomic E-state index is 12.7. The fourth-order valence-corrected chi connectivity index (χ4v) is 6.45. The number of hydrogen-bond acceptors (Lipinski definition) is 7. The molecule has 8 nitrogen and oxygen atoms in total. The number of rotatable bonds is 4. The SMILES string of the molecule is Cc1cc2oc(=O)c(CC(=O)N[C@H]3CS(=O)(=O)C[C@@H]3O)c(C)c2c2occ(-c3ccccc3)c12. The van der Waals surface area contributed by atoms with Crippen molar-refractivity contribution in [2.24, 2.45) is 0 Å². The zero-order chi connectivity index (χ0) is 24.2. The van der Waals surface area contributed by atoms with E-state index in [-0.39, 0.29) is 17.7 Å². The van der Waals surface area contributed by atoms with E-state index >= 15 is 0 Å². The van der Waals surface area contributed by atoms with Crippen LogP contribution in [-0.2, 0) is 21.1 Å². The molecule has 1 aliphatic heterocycles. The highest BCUT2D eigenvalue weighted by Gasteiger charge is 2.37. The number of hydrogen-bond donors (Lipinski definition) is 2. The number of nitrogens with one attached hydrogen (secondary N) is 1. The van der Waals surface area contributed by atoms with Crippen LogP contribution >= 0.6 is 0 Å². The highest BCUT2D eigenvalue weighted by Crippen LogP contribution is 2.38. The molecule has 0 bridgehead atoms. The van der Waals surface area contributed by atoms with E-state index in [4.69, 9.17) is 8.83 Å². The Hall–Kier alpha value is -3.43. The second-order valence-electron chi connectivity index (χ2n) is 8.77. The van der Waals surface area contributed by atoms with Gasteiger partial charge in [-0.05, 0) is 36.6 Å². The zero-order valence-corrected chi connectivity index (χ0v) is 19.4. The number of sulfone groups is 1. The Bertz CT molecular complexity index is 1600. The molecule has 4 aromatic rings. The molecular weight excluding hydrogens is 458 g/mol. The quantitative estimate of drug-likeness (QED) is 0.429. The molecule has 3 heterocycles. The van der Waals surface area contributed by atoms with Crippen molar-refractivity contribution in [3.8, 4) is 11.1 Å². The summed E-state index contributed by atoms with van der Waals surface area (Å²) in [7, 11) is -3.41. The monoisotopic (exact) mass is 481 g/mol. The van der Waals surface area contributed by atoms with Crippen LogP contribution in [0.2, 0.25) is 0 Å². The van der Waals surface area contributed by atoms with Gasteiger partial charge in [0.1, 0.15) is 11.2 Å². The summed E-state index contributed by atoms with van der Waals surface area (Å²) in [4.78, 5) is 25.4. The smallest absolute Gasteiger partial charge is 0.340 e. The standard InChI is InChI=1S/C25H23NO7S/c1-13-8-20-23(24-22(13)17(10-32-24)15-6-4-3-5-7-15)14(2)16(25(29)33-20)9-21(28)26-18-11-34(30,31)12-19(18)27/h3-8,10,18-19,27H,9,11-12H2,1-2H3,(H,26,28)/t18-,19-/m0/s1. The predicted molar refractivity (Wildman–Crippen MR) is 127 cm³/mol. The van der Waals surface area contributed by atoms with Gasteiger partial charge in [0, 0.05) is 10.9 Å². The van der Waals surface area contributed by atoms with Crippen LogP contribution in [-0.4, -0.2) is 43.1 Å².